The minimum atomic E-state index is -0.306. The number of hydrogen-bond donors (Lipinski definition) is 0. The maximum absolute atomic E-state index is 12.4. The summed E-state index contributed by atoms with van der Waals surface area (Å²) in [6.45, 7) is 0.278. The fourth-order valence-corrected chi connectivity index (χ4v) is 5.14. The van der Waals surface area contributed by atoms with Crippen molar-refractivity contribution in [3.63, 3.8) is 0 Å². The van der Waals surface area contributed by atoms with Gasteiger partial charge in [0.2, 0.25) is 0 Å². The molecule has 0 atom stereocenters. The molecule has 4 aromatic rings. The minimum Gasteiger partial charge on any atom is -0.457 e. The first kappa shape index (κ1) is 19.0. The van der Waals surface area contributed by atoms with Crippen LogP contribution in [0.1, 0.15) is 15.9 Å². The van der Waals surface area contributed by atoms with Crippen LogP contribution in [0.3, 0.4) is 0 Å². The van der Waals surface area contributed by atoms with Crippen LogP contribution in [0.15, 0.2) is 130 Å². The summed E-state index contributed by atoms with van der Waals surface area (Å²) < 4.78 is 5.45. The third kappa shape index (κ3) is 4.76. The molecular formula is C26H21O2S+. The summed E-state index contributed by atoms with van der Waals surface area (Å²) in [6, 6.07) is 38.4. The summed E-state index contributed by atoms with van der Waals surface area (Å²) in [5.41, 5.74) is 1.54. The Morgan fingerprint density at radius 2 is 1.03 bits per heavy atom. The number of benzene rings is 4. The molecule has 0 saturated heterocycles. The van der Waals surface area contributed by atoms with Crippen LogP contribution >= 0.6 is 0 Å². The molecular weight excluding hydrogens is 376 g/mol. The van der Waals surface area contributed by atoms with Crippen LogP contribution in [0, 0.1) is 0 Å². The molecule has 0 fully saturated rings. The lowest BCUT2D eigenvalue weighted by Gasteiger charge is -2.09. The molecule has 0 aromatic heterocycles. The van der Waals surface area contributed by atoms with Crippen molar-refractivity contribution in [1.29, 1.82) is 0 Å². The summed E-state index contributed by atoms with van der Waals surface area (Å²) in [5.74, 6) is -0.306. The Bertz CT molecular complexity index is 1010. The van der Waals surface area contributed by atoms with Gasteiger partial charge >= 0.3 is 5.97 Å². The van der Waals surface area contributed by atoms with E-state index in [1.165, 1.54) is 14.7 Å². The van der Waals surface area contributed by atoms with Gasteiger partial charge < -0.3 is 4.74 Å². The first-order chi connectivity index (χ1) is 14.3. The van der Waals surface area contributed by atoms with Gasteiger partial charge in [-0.25, -0.2) is 4.79 Å². The average Bonchev–Trinajstić information content (AvgIpc) is 2.80. The standard InChI is InChI=1S/C26H21O2S/c27-26(28-20-21-10-4-1-5-11-21)22-16-18-25(19-17-22)29(23-12-6-2-7-13-23)24-14-8-3-9-15-24/h1-19H,20H2/q+1. The maximum Gasteiger partial charge on any atom is 0.338 e. The molecule has 0 heterocycles. The van der Waals surface area contributed by atoms with Gasteiger partial charge in [0, 0.05) is 0 Å². The Morgan fingerprint density at radius 1 is 0.586 bits per heavy atom. The molecule has 142 valence electrons. The lowest BCUT2D eigenvalue weighted by Crippen LogP contribution is -2.07. The Labute approximate surface area is 174 Å². The van der Waals surface area contributed by atoms with E-state index in [2.05, 4.69) is 48.5 Å². The van der Waals surface area contributed by atoms with Crippen molar-refractivity contribution in [2.75, 3.05) is 0 Å². The summed E-state index contributed by atoms with van der Waals surface area (Å²) in [5, 5.41) is 0. The summed E-state index contributed by atoms with van der Waals surface area (Å²) >= 11 is 0. The van der Waals surface area contributed by atoms with Gasteiger partial charge in [-0.3, -0.25) is 0 Å². The molecule has 2 nitrogen and oxygen atoms in total. The van der Waals surface area contributed by atoms with Gasteiger partial charge in [-0.1, -0.05) is 66.7 Å². The van der Waals surface area contributed by atoms with Crippen molar-refractivity contribution in [3.05, 3.63) is 126 Å². The SMILES string of the molecule is O=C(OCc1ccccc1)c1ccc([S+](c2ccccc2)c2ccccc2)cc1. The quantitative estimate of drug-likeness (QED) is 0.289. The molecule has 3 heteroatoms. The zero-order valence-electron chi connectivity index (χ0n) is 15.9. The maximum atomic E-state index is 12.4. The summed E-state index contributed by atoms with van der Waals surface area (Å²) in [4.78, 5) is 16.1. The van der Waals surface area contributed by atoms with E-state index in [-0.39, 0.29) is 23.5 Å². The van der Waals surface area contributed by atoms with Gasteiger partial charge in [-0.2, -0.15) is 0 Å². The molecule has 0 bridgehead atoms. The molecule has 4 rings (SSSR count). The number of hydrogen-bond acceptors (Lipinski definition) is 2. The van der Waals surface area contributed by atoms with Gasteiger partial charge in [0.15, 0.2) is 14.7 Å². The van der Waals surface area contributed by atoms with Crippen LogP contribution in [0.25, 0.3) is 0 Å². The smallest absolute Gasteiger partial charge is 0.338 e. The fourth-order valence-electron chi connectivity index (χ4n) is 3.05. The van der Waals surface area contributed by atoms with Gasteiger partial charge in [0.1, 0.15) is 6.61 Å². The average molecular weight is 398 g/mol. The van der Waals surface area contributed by atoms with Crippen LogP contribution < -0.4 is 0 Å². The number of carbonyl (C=O) groups excluding carboxylic acids is 1. The zero-order chi connectivity index (χ0) is 19.9. The number of esters is 1. The second-order valence-electron chi connectivity index (χ2n) is 6.52. The third-order valence-corrected chi connectivity index (χ3v) is 6.73. The Morgan fingerprint density at radius 3 is 1.55 bits per heavy atom. The fraction of sp³-hybridized carbons (Fsp3) is 0.0385. The zero-order valence-corrected chi connectivity index (χ0v) is 16.7. The van der Waals surface area contributed by atoms with Gasteiger partial charge in [0.05, 0.1) is 16.5 Å². The summed E-state index contributed by atoms with van der Waals surface area (Å²) in [7, 11) is -0.222. The molecule has 0 amide bonds. The van der Waals surface area contributed by atoms with Crippen molar-refractivity contribution >= 4 is 16.9 Å². The van der Waals surface area contributed by atoms with Crippen molar-refractivity contribution in [3.8, 4) is 0 Å². The monoisotopic (exact) mass is 397 g/mol. The number of rotatable bonds is 6. The van der Waals surface area contributed by atoms with E-state index in [1.807, 2.05) is 66.7 Å². The number of ether oxygens (including phenoxy) is 1. The predicted octanol–water partition coefficient (Wildman–Crippen LogP) is 6.14. The highest BCUT2D eigenvalue weighted by Gasteiger charge is 2.28. The lowest BCUT2D eigenvalue weighted by molar-refractivity contribution is 0.0472. The van der Waals surface area contributed by atoms with Crippen molar-refractivity contribution in [1.82, 2.24) is 0 Å². The Balaban J connectivity index is 1.55. The molecule has 0 saturated carbocycles. The highest BCUT2D eigenvalue weighted by molar-refractivity contribution is 7.97. The summed E-state index contributed by atoms with van der Waals surface area (Å²) in [6.07, 6.45) is 0. The minimum absolute atomic E-state index is 0.222. The molecule has 4 aromatic carbocycles. The van der Waals surface area contributed by atoms with Crippen LogP contribution in [-0.4, -0.2) is 5.97 Å². The van der Waals surface area contributed by atoms with Gasteiger partial charge in [0.25, 0.3) is 0 Å². The molecule has 0 aliphatic carbocycles. The van der Waals surface area contributed by atoms with Gasteiger partial charge in [-0.15, -0.1) is 0 Å². The molecule has 0 radical (unpaired) electrons. The van der Waals surface area contributed by atoms with Crippen molar-refractivity contribution in [2.45, 2.75) is 21.3 Å². The van der Waals surface area contributed by atoms with E-state index in [9.17, 15) is 4.79 Å². The first-order valence-corrected chi connectivity index (χ1v) is 10.7. The first-order valence-electron chi connectivity index (χ1n) is 9.47. The topological polar surface area (TPSA) is 26.3 Å². The molecule has 0 aliphatic rings. The van der Waals surface area contributed by atoms with E-state index < -0.39 is 0 Å². The van der Waals surface area contributed by atoms with E-state index >= 15 is 0 Å². The largest absolute Gasteiger partial charge is 0.457 e. The Hall–Kier alpha value is -3.30. The molecule has 0 N–H and O–H groups in total. The van der Waals surface area contributed by atoms with Crippen molar-refractivity contribution < 1.29 is 9.53 Å². The molecule has 0 spiro atoms. The van der Waals surface area contributed by atoms with Crippen LogP contribution in [-0.2, 0) is 22.2 Å². The van der Waals surface area contributed by atoms with E-state index in [0.29, 0.717) is 5.56 Å². The normalized spacial score (nSPS) is 10.7. The van der Waals surface area contributed by atoms with Crippen LogP contribution in [0.4, 0.5) is 0 Å². The number of carbonyl (C=O) groups is 1. The highest BCUT2D eigenvalue weighted by atomic mass is 32.2. The third-order valence-electron chi connectivity index (χ3n) is 4.50. The highest BCUT2D eigenvalue weighted by Crippen LogP contribution is 2.31. The van der Waals surface area contributed by atoms with Crippen LogP contribution in [0.2, 0.25) is 0 Å². The van der Waals surface area contributed by atoms with Gasteiger partial charge in [-0.05, 0) is 54.1 Å². The lowest BCUT2D eigenvalue weighted by atomic mass is 10.2. The second kappa shape index (κ2) is 9.26. The Kier molecular flexibility index (Phi) is 6.08. The molecule has 29 heavy (non-hydrogen) atoms. The van der Waals surface area contributed by atoms with E-state index in [0.717, 1.165) is 5.56 Å². The molecule has 0 unspecified atom stereocenters. The van der Waals surface area contributed by atoms with E-state index in [4.69, 9.17) is 4.74 Å². The second-order valence-corrected chi connectivity index (χ2v) is 8.54. The van der Waals surface area contributed by atoms with Crippen LogP contribution in [0.5, 0.6) is 0 Å². The van der Waals surface area contributed by atoms with Crippen molar-refractivity contribution in [2.24, 2.45) is 0 Å². The van der Waals surface area contributed by atoms with E-state index in [1.54, 1.807) is 0 Å². The molecule has 0 aliphatic heterocycles. The predicted molar refractivity (Wildman–Crippen MR) is 117 cm³/mol.